The number of pyridine rings is 1. The molecule has 3 aromatic heterocycles. The minimum absolute atomic E-state index is 0.0176. The average Bonchev–Trinajstić information content (AvgIpc) is 3.22. The first-order chi connectivity index (χ1) is 13.5. The van der Waals surface area contributed by atoms with E-state index in [4.69, 9.17) is 4.98 Å². The number of fused-ring (bicyclic) bond motifs is 5. The minimum atomic E-state index is -0.0176. The average molecular weight is 389 g/mol. The number of anilines is 1. The number of nitrogens with one attached hydrogen (secondary N) is 2. The topological polar surface area (TPSA) is 71.8 Å². The van der Waals surface area contributed by atoms with Crippen molar-refractivity contribution < 1.29 is 4.79 Å². The van der Waals surface area contributed by atoms with Crippen molar-refractivity contribution in [3.05, 3.63) is 53.4 Å². The third-order valence-electron chi connectivity index (χ3n) is 4.96. The lowest BCUT2D eigenvalue weighted by Gasteiger charge is -2.10. The molecule has 4 aromatic rings. The van der Waals surface area contributed by atoms with Crippen LogP contribution in [-0.2, 0) is 0 Å². The van der Waals surface area contributed by atoms with E-state index in [0.717, 1.165) is 48.9 Å². The first-order valence-electron chi connectivity index (χ1n) is 9.15. The second-order valence-corrected chi connectivity index (χ2v) is 8.10. The molecule has 0 fully saturated rings. The van der Waals surface area contributed by atoms with Crippen molar-refractivity contribution in [3.8, 4) is 5.82 Å². The van der Waals surface area contributed by atoms with Gasteiger partial charge in [-0.1, -0.05) is 6.58 Å². The molecule has 6 nitrogen and oxygen atoms in total. The van der Waals surface area contributed by atoms with Crippen LogP contribution in [0.1, 0.15) is 28.1 Å². The van der Waals surface area contributed by atoms with Crippen molar-refractivity contribution in [3.63, 3.8) is 0 Å². The largest absolute Gasteiger partial charge is 0.381 e. The molecule has 1 aromatic carbocycles. The van der Waals surface area contributed by atoms with Gasteiger partial charge in [0.25, 0.3) is 5.91 Å². The van der Waals surface area contributed by atoms with E-state index in [9.17, 15) is 4.79 Å². The molecule has 0 bridgehead atoms. The van der Waals surface area contributed by atoms with Crippen LogP contribution in [0, 0.1) is 6.92 Å². The first-order valence-corrected chi connectivity index (χ1v) is 9.96. The Morgan fingerprint density at radius 3 is 2.96 bits per heavy atom. The molecule has 1 atom stereocenters. The quantitative estimate of drug-likeness (QED) is 0.541. The van der Waals surface area contributed by atoms with Crippen LogP contribution in [0.3, 0.4) is 0 Å². The number of benzene rings is 1. The summed E-state index contributed by atoms with van der Waals surface area (Å²) in [6, 6.07) is 8.19. The molecule has 0 spiro atoms. The molecule has 0 saturated heterocycles. The van der Waals surface area contributed by atoms with Gasteiger partial charge >= 0.3 is 0 Å². The van der Waals surface area contributed by atoms with Crippen LogP contribution in [0.5, 0.6) is 0 Å². The highest BCUT2D eigenvalue weighted by molar-refractivity contribution is 7.21. The third kappa shape index (κ3) is 2.51. The van der Waals surface area contributed by atoms with Crippen LogP contribution in [0.15, 0.2) is 37.0 Å². The number of thiophene rings is 1. The van der Waals surface area contributed by atoms with Gasteiger partial charge in [-0.3, -0.25) is 9.36 Å². The summed E-state index contributed by atoms with van der Waals surface area (Å²) in [5, 5.41) is 8.58. The highest BCUT2D eigenvalue weighted by atomic mass is 32.1. The standard InChI is InChI=1S/C21H19N5OS/c1-4-16-23-12(3)10-26(16)17-8-5-13-14(25-17)6-7-15-18(13)19-20(28-15)21(27)24-11(2)9-22-19/h4-8,10-11,22H,1,9H2,2-3H3,(H,24,27)/t11-/m1/s1. The monoisotopic (exact) mass is 389 g/mol. The fourth-order valence-electron chi connectivity index (χ4n) is 3.69. The van der Waals surface area contributed by atoms with Crippen LogP contribution in [0.25, 0.3) is 32.9 Å². The maximum Gasteiger partial charge on any atom is 0.263 e. The molecular formula is C21H19N5OS. The zero-order valence-corrected chi connectivity index (χ0v) is 16.4. The number of imidazole rings is 1. The fourth-order valence-corrected chi connectivity index (χ4v) is 4.79. The van der Waals surface area contributed by atoms with Gasteiger partial charge in [-0.15, -0.1) is 11.3 Å². The molecular weight excluding hydrogens is 370 g/mol. The van der Waals surface area contributed by atoms with Crippen LogP contribution in [-0.4, -0.2) is 33.0 Å². The van der Waals surface area contributed by atoms with Crippen molar-refractivity contribution in [2.24, 2.45) is 0 Å². The number of rotatable bonds is 2. The molecule has 140 valence electrons. The molecule has 1 aliphatic heterocycles. The van der Waals surface area contributed by atoms with Gasteiger partial charge in [0.2, 0.25) is 0 Å². The molecule has 0 aliphatic carbocycles. The number of hydrogen-bond acceptors (Lipinski definition) is 5. The SMILES string of the molecule is C=Cc1nc(C)cn1-c1ccc2c(ccc3sc4c(c32)NC[C@@H](C)NC4=O)n1. The van der Waals surface area contributed by atoms with Gasteiger partial charge in [0.05, 0.1) is 16.9 Å². The lowest BCUT2D eigenvalue weighted by atomic mass is 10.1. The van der Waals surface area contributed by atoms with Crippen LogP contribution >= 0.6 is 11.3 Å². The van der Waals surface area contributed by atoms with E-state index < -0.39 is 0 Å². The molecule has 2 N–H and O–H groups in total. The highest BCUT2D eigenvalue weighted by Crippen LogP contribution is 2.41. The lowest BCUT2D eigenvalue weighted by Crippen LogP contribution is -2.34. The molecule has 0 unspecified atom stereocenters. The summed E-state index contributed by atoms with van der Waals surface area (Å²) in [7, 11) is 0. The molecule has 5 rings (SSSR count). The smallest absolute Gasteiger partial charge is 0.263 e. The second-order valence-electron chi connectivity index (χ2n) is 7.05. The summed E-state index contributed by atoms with van der Waals surface area (Å²) in [5.74, 6) is 1.54. The lowest BCUT2D eigenvalue weighted by molar-refractivity contribution is 0.0949. The van der Waals surface area contributed by atoms with E-state index in [-0.39, 0.29) is 11.9 Å². The zero-order chi connectivity index (χ0) is 19.4. The Balaban J connectivity index is 1.73. The first kappa shape index (κ1) is 16.9. The second kappa shape index (κ2) is 6.17. The number of carbonyl (C=O) groups excluding carboxylic acids is 1. The maximum atomic E-state index is 12.6. The summed E-state index contributed by atoms with van der Waals surface area (Å²) >= 11 is 1.52. The van der Waals surface area contributed by atoms with E-state index in [1.165, 1.54) is 11.3 Å². The summed E-state index contributed by atoms with van der Waals surface area (Å²) in [6.07, 6.45) is 3.68. The fraction of sp³-hybridized carbons (Fsp3) is 0.190. The number of amides is 1. The molecule has 4 heterocycles. The Morgan fingerprint density at radius 1 is 1.29 bits per heavy atom. The Labute approximate surface area is 165 Å². The Hall–Kier alpha value is -3.19. The Morgan fingerprint density at radius 2 is 2.14 bits per heavy atom. The molecule has 28 heavy (non-hydrogen) atoms. The van der Waals surface area contributed by atoms with E-state index >= 15 is 0 Å². The van der Waals surface area contributed by atoms with Gasteiger partial charge in [-0.2, -0.15) is 0 Å². The van der Waals surface area contributed by atoms with Crippen molar-refractivity contribution >= 4 is 50.0 Å². The van der Waals surface area contributed by atoms with Crippen molar-refractivity contribution in [2.75, 3.05) is 11.9 Å². The van der Waals surface area contributed by atoms with E-state index in [1.807, 2.05) is 42.8 Å². The molecule has 7 heteroatoms. The Bertz CT molecular complexity index is 1270. The summed E-state index contributed by atoms with van der Waals surface area (Å²) in [4.78, 5) is 22.6. The van der Waals surface area contributed by atoms with E-state index in [0.29, 0.717) is 6.54 Å². The number of hydrogen-bond donors (Lipinski definition) is 2. The highest BCUT2D eigenvalue weighted by Gasteiger charge is 2.24. The maximum absolute atomic E-state index is 12.6. The third-order valence-corrected chi connectivity index (χ3v) is 6.11. The summed E-state index contributed by atoms with van der Waals surface area (Å²) < 4.78 is 3.02. The van der Waals surface area contributed by atoms with Gasteiger partial charge in [0.15, 0.2) is 0 Å². The predicted octanol–water partition coefficient (Wildman–Crippen LogP) is 4.13. The van der Waals surface area contributed by atoms with Crippen LogP contribution < -0.4 is 10.6 Å². The normalized spacial score (nSPS) is 16.5. The van der Waals surface area contributed by atoms with Crippen LogP contribution in [0.4, 0.5) is 5.69 Å². The van der Waals surface area contributed by atoms with Crippen molar-refractivity contribution in [2.45, 2.75) is 19.9 Å². The van der Waals surface area contributed by atoms with E-state index in [1.54, 1.807) is 6.08 Å². The molecule has 1 amide bonds. The number of aromatic nitrogens is 3. The van der Waals surface area contributed by atoms with E-state index in [2.05, 4.69) is 28.3 Å². The van der Waals surface area contributed by atoms with Gasteiger partial charge < -0.3 is 10.6 Å². The summed E-state index contributed by atoms with van der Waals surface area (Å²) in [6.45, 7) is 8.49. The summed E-state index contributed by atoms with van der Waals surface area (Å²) in [5.41, 5.74) is 2.71. The zero-order valence-electron chi connectivity index (χ0n) is 15.6. The number of nitrogens with zero attached hydrogens (tertiary/aromatic N) is 3. The predicted molar refractivity (Wildman–Crippen MR) is 114 cm³/mol. The van der Waals surface area contributed by atoms with Crippen LogP contribution in [0.2, 0.25) is 0 Å². The van der Waals surface area contributed by atoms with Gasteiger partial charge in [-0.05, 0) is 44.2 Å². The van der Waals surface area contributed by atoms with Gasteiger partial charge in [0.1, 0.15) is 16.5 Å². The minimum Gasteiger partial charge on any atom is -0.381 e. The Kier molecular flexibility index (Phi) is 3.73. The van der Waals surface area contributed by atoms with Gasteiger partial charge in [-0.25, -0.2) is 9.97 Å². The number of aryl methyl sites for hydroxylation is 1. The molecule has 0 radical (unpaired) electrons. The molecule has 1 aliphatic rings. The molecule has 0 saturated carbocycles. The van der Waals surface area contributed by atoms with Crippen molar-refractivity contribution in [1.29, 1.82) is 0 Å². The number of carbonyl (C=O) groups is 1. The van der Waals surface area contributed by atoms with Gasteiger partial charge in [0, 0.05) is 34.3 Å². The van der Waals surface area contributed by atoms with Crippen molar-refractivity contribution in [1.82, 2.24) is 19.9 Å².